The smallest absolute Gasteiger partial charge is 0.195 e. The third kappa shape index (κ3) is 3.72. The molecular formula is C23H27N7. The van der Waals surface area contributed by atoms with Gasteiger partial charge in [0.1, 0.15) is 5.82 Å². The molecule has 1 saturated carbocycles. The summed E-state index contributed by atoms with van der Waals surface area (Å²) < 4.78 is 4.29. The van der Waals surface area contributed by atoms with E-state index in [4.69, 9.17) is 9.97 Å². The van der Waals surface area contributed by atoms with E-state index in [9.17, 15) is 0 Å². The van der Waals surface area contributed by atoms with E-state index in [0.29, 0.717) is 12.4 Å². The van der Waals surface area contributed by atoms with E-state index in [0.717, 1.165) is 47.3 Å². The van der Waals surface area contributed by atoms with E-state index < -0.39 is 0 Å². The fourth-order valence-electron chi connectivity index (χ4n) is 4.59. The van der Waals surface area contributed by atoms with Crippen LogP contribution >= 0.6 is 0 Å². The predicted octanol–water partition coefficient (Wildman–Crippen LogP) is 4.28. The van der Waals surface area contributed by atoms with Crippen LogP contribution < -0.4 is 0 Å². The van der Waals surface area contributed by atoms with Crippen LogP contribution in [0.3, 0.4) is 0 Å². The van der Waals surface area contributed by atoms with Gasteiger partial charge < -0.3 is 9.13 Å². The molecule has 1 aliphatic rings. The van der Waals surface area contributed by atoms with Gasteiger partial charge in [-0.3, -0.25) is 4.98 Å². The van der Waals surface area contributed by atoms with Crippen LogP contribution in [-0.2, 0) is 19.5 Å². The average molecular weight is 402 g/mol. The van der Waals surface area contributed by atoms with Gasteiger partial charge >= 0.3 is 0 Å². The quantitative estimate of drug-likeness (QED) is 0.462. The van der Waals surface area contributed by atoms with Crippen molar-refractivity contribution in [2.75, 3.05) is 0 Å². The Kier molecular flexibility index (Phi) is 5.26. The molecule has 0 atom stereocenters. The second-order valence-electron chi connectivity index (χ2n) is 8.08. The maximum atomic E-state index is 4.97. The zero-order valence-corrected chi connectivity index (χ0v) is 17.4. The van der Waals surface area contributed by atoms with Crippen molar-refractivity contribution in [2.45, 2.75) is 58.5 Å². The lowest BCUT2D eigenvalue weighted by molar-refractivity contribution is 0.501. The maximum absolute atomic E-state index is 4.97. The molecule has 5 rings (SSSR count). The summed E-state index contributed by atoms with van der Waals surface area (Å²) in [7, 11) is 0. The van der Waals surface area contributed by atoms with Crippen LogP contribution in [0.1, 0.15) is 50.5 Å². The van der Waals surface area contributed by atoms with Crippen LogP contribution in [0.5, 0.6) is 0 Å². The summed E-state index contributed by atoms with van der Waals surface area (Å²) in [6.07, 6.45) is 17.1. The van der Waals surface area contributed by atoms with E-state index in [2.05, 4.69) is 37.1 Å². The van der Waals surface area contributed by atoms with Gasteiger partial charge in [-0.1, -0.05) is 25.7 Å². The number of rotatable bonds is 7. The predicted molar refractivity (Wildman–Crippen MR) is 116 cm³/mol. The Hall–Kier alpha value is -3.09. The number of aromatic nitrogens is 7. The monoisotopic (exact) mass is 401 g/mol. The van der Waals surface area contributed by atoms with E-state index in [1.54, 1.807) is 18.6 Å². The molecule has 0 N–H and O–H groups in total. The van der Waals surface area contributed by atoms with Crippen molar-refractivity contribution >= 4 is 11.0 Å². The molecule has 0 unspecified atom stereocenters. The number of hydrogen-bond acceptors (Lipinski definition) is 5. The van der Waals surface area contributed by atoms with Gasteiger partial charge in [0.2, 0.25) is 0 Å². The second kappa shape index (κ2) is 8.34. The molecule has 0 radical (unpaired) electrons. The van der Waals surface area contributed by atoms with Gasteiger partial charge in [0.05, 0.1) is 23.8 Å². The highest BCUT2D eigenvalue weighted by molar-refractivity contribution is 5.75. The zero-order chi connectivity index (χ0) is 20.3. The molecule has 1 fully saturated rings. The molecular weight excluding hydrogens is 374 g/mol. The summed E-state index contributed by atoms with van der Waals surface area (Å²) in [6, 6.07) is 3.99. The van der Waals surface area contributed by atoms with E-state index >= 15 is 0 Å². The van der Waals surface area contributed by atoms with E-state index in [1.165, 1.54) is 32.1 Å². The van der Waals surface area contributed by atoms with E-state index in [-0.39, 0.29) is 0 Å². The lowest BCUT2D eigenvalue weighted by atomic mass is 10.0. The Morgan fingerprint density at radius 2 is 1.87 bits per heavy atom. The van der Waals surface area contributed by atoms with E-state index in [1.807, 2.05) is 18.5 Å². The van der Waals surface area contributed by atoms with Crippen LogP contribution in [0.15, 0.2) is 43.1 Å². The first-order valence-corrected chi connectivity index (χ1v) is 10.9. The summed E-state index contributed by atoms with van der Waals surface area (Å²) in [5.74, 6) is 3.25. The van der Waals surface area contributed by atoms with Crippen molar-refractivity contribution < 1.29 is 0 Å². The van der Waals surface area contributed by atoms with Crippen molar-refractivity contribution in [3.8, 4) is 11.6 Å². The first-order chi connectivity index (χ1) is 14.8. The minimum atomic E-state index is 0.619. The van der Waals surface area contributed by atoms with Crippen LogP contribution in [0.25, 0.3) is 22.7 Å². The number of hydrogen-bond donors (Lipinski definition) is 0. The zero-order valence-electron chi connectivity index (χ0n) is 17.4. The summed E-state index contributed by atoms with van der Waals surface area (Å²) in [6.45, 7) is 3.61. The normalized spacial score (nSPS) is 14.7. The molecule has 0 aromatic carbocycles. The Morgan fingerprint density at radius 1 is 1.03 bits per heavy atom. The summed E-state index contributed by atoms with van der Waals surface area (Å²) in [5, 5.41) is 0. The van der Waals surface area contributed by atoms with Crippen molar-refractivity contribution in [2.24, 2.45) is 5.92 Å². The van der Waals surface area contributed by atoms with Crippen LogP contribution in [0.4, 0.5) is 0 Å². The highest BCUT2D eigenvalue weighted by Crippen LogP contribution is 2.29. The molecule has 0 amide bonds. The third-order valence-electron chi connectivity index (χ3n) is 6.16. The molecule has 1 aliphatic carbocycles. The molecule has 30 heavy (non-hydrogen) atoms. The number of pyridine rings is 1. The molecule has 4 aromatic rings. The minimum absolute atomic E-state index is 0.619. The standard InChI is InChI=1S/C23H27N7/c1-2-30-20-15-27-18(9-8-17-6-3-4-7-17)14-19(20)28-21(30)16-29-13-12-26-23(29)22-24-10-5-11-25-22/h5,10-15,17H,2-4,6-9,16H2,1H3. The highest BCUT2D eigenvalue weighted by Gasteiger charge is 2.17. The molecule has 0 spiro atoms. The SMILES string of the molecule is CCn1c(Cn2ccnc2-c2ncccn2)nc2cc(CCC3CCCC3)ncc21. The molecule has 154 valence electrons. The van der Waals surface area contributed by atoms with Gasteiger partial charge in [-0.15, -0.1) is 0 Å². The third-order valence-corrected chi connectivity index (χ3v) is 6.16. The van der Waals surface area contributed by atoms with Gasteiger partial charge in [0.15, 0.2) is 11.6 Å². The molecule has 0 aliphatic heterocycles. The lowest BCUT2D eigenvalue weighted by Gasteiger charge is -2.09. The average Bonchev–Trinajstić information content (AvgIpc) is 3.52. The Bertz CT molecular complexity index is 1120. The number of fused-ring (bicyclic) bond motifs is 1. The second-order valence-corrected chi connectivity index (χ2v) is 8.08. The molecule has 7 nitrogen and oxygen atoms in total. The Balaban J connectivity index is 1.41. The van der Waals surface area contributed by atoms with Crippen LogP contribution in [0.2, 0.25) is 0 Å². The Morgan fingerprint density at radius 3 is 2.67 bits per heavy atom. The number of nitrogens with zero attached hydrogens (tertiary/aromatic N) is 7. The maximum Gasteiger partial charge on any atom is 0.195 e. The van der Waals surface area contributed by atoms with Crippen molar-refractivity contribution in [3.63, 3.8) is 0 Å². The fraction of sp³-hybridized carbons (Fsp3) is 0.435. The van der Waals surface area contributed by atoms with Gasteiger partial charge in [0, 0.05) is 37.0 Å². The topological polar surface area (TPSA) is 74.3 Å². The van der Waals surface area contributed by atoms with Gasteiger partial charge in [-0.25, -0.2) is 19.9 Å². The Labute approximate surface area is 176 Å². The van der Waals surface area contributed by atoms with Crippen molar-refractivity contribution in [3.05, 3.63) is 54.6 Å². The van der Waals surface area contributed by atoms with Gasteiger partial charge in [0.25, 0.3) is 0 Å². The molecule has 4 aromatic heterocycles. The lowest BCUT2D eigenvalue weighted by Crippen LogP contribution is -2.09. The largest absolute Gasteiger partial charge is 0.325 e. The van der Waals surface area contributed by atoms with Crippen LogP contribution in [0, 0.1) is 5.92 Å². The van der Waals surface area contributed by atoms with Crippen molar-refractivity contribution in [1.29, 1.82) is 0 Å². The highest BCUT2D eigenvalue weighted by atomic mass is 15.2. The van der Waals surface area contributed by atoms with Gasteiger partial charge in [-0.2, -0.15) is 0 Å². The minimum Gasteiger partial charge on any atom is -0.325 e. The summed E-state index contributed by atoms with van der Waals surface area (Å²) >= 11 is 0. The molecule has 0 bridgehead atoms. The number of imidazole rings is 2. The fourth-order valence-corrected chi connectivity index (χ4v) is 4.59. The first-order valence-electron chi connectivity index (χ1n) is 10.9. The van der Waals surface area contributed by atoms with Crippen molar-refractivity contribution in [1.82, 2.24) is 34.1 Å². The number of aryl methyl sites for hydroxylation is 2. The molecule has 4 heterocycles. The molecule has 0 saturated heterocycles. The first kappa shape index (κ1) is 18.9. The summed E-state index contributed by atoms with van der Waals surface area (Å²) in [4.78, 5) is 22.9. The van der Waals surface area contributed by atoms with Gasteiger partial charge in [-0.05, 0) is 37.8 Å². The molecule has 7 heteroatoms. The van der Waals surface area contributed by atoms with Crippen LogP contribution in [-0.4, -0.2) is 34.1 Å². The summed E-state index contributed by atoms with van der Waals surface area (Å²) in [5.41, 5.74) is 3.28.